The van der Waals surface area contributed by atoms with Crippen LogP contribution in [0.4, 0.5) is 4.39 Å². The first-order valence-electron chi connectivity index (χ1n) is 11.8. The normalized spacial score (nSPS) is 13.0. The van der Waals surface area contributed by atoms with Crippen LogP contribution < -0.4 is 10.6 Å². The minimum absolute atomic E-state index is 0.00319. The molecular formula is C28H30FN3O4. The molecule has 0 bridgehead atoms. The smallest absolute Gasteiger partial charge is 0.267 e. The molecule has 8 heteroatoms. The molecule has 0 aliphatic rings. The number of benzene rings is 3. The molecule has 188 valence electrons. The summed E-state index contributed by atoms with van der Waals surface area (Å²) in [5.74, 6) is -0.547. The molecule has 0 unspecified atom stereocenters. The Hall–Kier alpha value is -3.72. The van der Waals surface area contributed by atoms with Gasteiger partial charge in [0.1, 0.15) is 17.3 Å². The number of aliphatic hydroxyl groups excluding tert-OH is 2. The van der Waals surface area contributed by atoms with E-state index in [1.807, 2.05) is 31.2 Å². The Morgan fingerprint density at radius 1 is 1.03 bits per heavy atom. The number of hydrogen-bond acceptors (Lipinski definition) is 5. The lowest BCUT2D eigenvalue weighted by Gasteiger charge is -2.18. The first kappa shape index (κ1) is 25.4. The fourth-order valence-corrected chi connectivity index (χ4v) is 4.11. The van der Waals surface area contributed by atoms with Gasteiger partial charge >= 0.3 is 0 Å². The summed E-state index contributed by atoms with van der Waals surface area (Å²) in [5.41, 5.74) is 4.21. The molecule has 1 amide bonds. The van der Waals surface area contributed by atoms with Crippen LogP contribution in [0, 0.1) is 5.82 Å². The maximum absolute atomic E-state index is 13.0. The van der Waals surface area contributed by atoms with E-state index in [0.717, 1.165) is 28.5 Å². The molecule has 0 aliphatic carbocycles. The van der Waals surface area contributed by atoms with E-state index in [4.69, 9.17) is 0 Å². The maximum Gasteiger partial charge on any atom is 0.267 e. The lowest BCUT2D eigenvalue weighted by Crippen LogP contribution is -2.32. The van der Waals surface area contributed by atoms with Crippen molar-refractivity contribution in [3.05, 3.63) is 100 Å². The van der Waals surface area contributed by atoms with Gasteiger partial charge in [-0.1, -0.05) is 24.3 Å². The molecule has 0 radical (unpaired) electrons. The highest BCUT2D eigenvalue weighted by atomic mass is 19.1. The van der Waals surface area contributed by atoms with Crippen LogP contribution in [0.3, 0.4) is 0 Å². The SMILES string of the molecule is C[C@H](Cc1ccc2[nH]c(C(=O)NCc3ccc(F)cc3)cc2c1)NC[C@H](O)c1ccc(O)c(CO)c1. The maximum atomic E-state index is 13.0. The third-order valence-corrected chi connectivity index (χ3v) is 6.16. The van der Waals surface area contributed by atoms with Gasteiger partial charge < -0.3 is 30.9 Å². The van der Waals surface area contributed by atoms with Gasteiger partial charge in [0.15, 0.2) is 0 Å². The molecule has 2 atom stereocenters. The van der Waals surface area contributed by atoms with Crippen molar-refractivity contribution in [3.63, 3.8) is 0 Å². The van der Waals surface area contributed by atoms with Gasteiger partial charge in [0.05, 0.1) is 12.7 Å². The summed E-state index contributed by atoms with van der Waals surface area (Å²) in [6, 6.07) is 18.6. The molecule has 6 N–H and O–H groups in total. The number of phenols is 1. The number of aromatic amines is 1. The van der Waals surface area contributed by atoms with E-state index < -0.39 is 6.10 Å². The molecule has 0 aliphatic heterocycles. The first-order chi connectivity index (χ1) is 17.3. The zero-order valence-corrected chi connectivity index (χ0v) is 20.0. The molecule has 4 aromatic rings. The largest absolute Gasteiger partial charge is 0.508 e. The van der Waals surface area contributed by atoms with Crippen molar-refractivity contribution in [2.45, 2.75) is 38.6 Å². The van der Waals surface area contributed by atoms with Crippen molar-refractivity contribution in [1.29, 1.82) is 0 Å². The number of fused-ring (bicyclic) bond motifs is 1. The number of rotatable bonds is 10. The minimum atomic E-state index is -0.776. The second-order valence-corrected chi connectivity index (χ2v) is 8.99. The predicted molar refractivity (Wildman–Crippen MR) is 136 cm³/mol. The van der Waals surface area contributed by atoms with Crippen molar-refractivity contribution in [2.24, 2.45) is 0 Å². The Morgan fingerprint density at radius 2 is 1.78 bits per heavy atom. The molecule has 1 aromatic heterocycles. The third-order valence-electron chi connectivity index (χ3n) is 6.16. The molecule has 1 heterocycles. The monoisotopic (exact) mass is 491 g/mol. The molecule has 36 heavy (non-hydrogen) atoms. The van der Waals surface area contributed by atoms with E-state index in [9.17, 15) is 24.5 Å². The lowest BCUT2D eigenvalue weighted by molar-refractivity contribution is 0.0946. The lowest BCUT2D eigenvalue weighted by atomic mass is 10.0. The first-order valence-corrected chi connectivity index (χ1v) is 11.8. The number of aromatic nitrogens is 1. The molecule has 0 spiro atoms. The van der Waals surface area contributed by atoms with Gasteiger partial charge in [0.2, 0.25) is 0 Å². The summed E-state index contributed by atoms with van der Waals surface area (Å²) in [5, 5.41) is 36.6. The molecule has 0 fully saturated rings. The number of hydrogen-bond donors (Lipinski definition) is 6. The van der Waals surface area contributed by atoms with E-state index in [2.05, 4.69) is 15.6 Å². The van der Waals surface area contributed by atoms with Crippen LogP contribution >= 0.6 is 0 Å². The van der Waals surface area contributed by atoms with Crippen LogP contribution in [0.15, 0.2) is 66.7 Å². The number of H-pyrrole nitrogens is 1. The zero-order valence-electron chi connectivity index (χ0n) is 20.0. The van der Waals surface area contributed by atoms with Crippen LogP contribution in [0.5, 0.6) is 5.75 Å². The highest BCUT2D eigenvalue weighted by Crippen LogP contribution is 2.23. The van der Waals surface area contributed by atoms with Gasteiger partial charge in [-0.25, -0.2) is 4.39 Å². The zero-order chi connectivity index (χ0) is 25.7. The average Bonchev–Trinajstić information content (AvgIpc) is 3.30. The number of nitrogens with one attached hydrogen (secondary N) is 3. The fraction of sp³-hybridized carbons (Fsp3) is 0.250. The Labute approximate surface area is 208 Å². The molecular weight excluding hydrogens is 461 g/mol. The van der Waals surface area contributed by atoms with Crippen LogP contribution in [-0.4, -0.2) is 38.8 Å². The standard InChI is InChI=1S/C28H30FN3O4/c1-17(30-15-27(35)20-5-9-26(34)22(12-20)16-33)10-19-4-8-24-21(11-19)13-25(32-24)28(36)31-14-18-2-6-23(29)7-3-18/h2-9,11-13,17,27,30,32-35H,10,14-16H2,1H3,(H,31,36)/t17-,27+/m1/s1. The van der Waals surface area contributed by atoms with Gasteiger partial charge in [-0.2, -0.15) is 0 Å². The van der Waals surface area contributed by atoms with Gasteiger partial charge in [-0.3, -0.25) is 4.79 Å². The second-order valence-electron chi connectivity index (χ2n) is 8.99. The summed E-state index contributed by atoms with van der Waals surface area (Å²) >= 11 is 0. The Bertz CT molecular complexity index is 1340. The Balaban J connectivity index is 1.32. The molecule has 4 rings (SSSR count). The quantitative estimate of drug-likeness (QED) is 0.202. The van der Waals surface area contributed by atoms with Gasteiger partial charge in [-0.15, -0.1) is 0 Å². The summed E-state index contributed by atoms with van der Waals surface area (Å²) in [6.45, 7) is 2.36. The minimum Gasteiger partial charge on any atom is -0.508 e. The van der Waals surface area contributed by atoms with E-state index in [1.54, 1.807) is 24.3 Å². The fourth-order valence-electron chi connectivity index (χ4n) is 4.11. The summed E-state index contributed by atoms with van der Waals surface area (Å²) in [7, 11) is 0. The number of aliphatic hydroxyl groups is 2. The number of halogens is 1. The van der Waals surface area contributed by atoms with Crippen molar-refractivity contribution in [1.82, 2.24) is 15.6 Å². The molecule has 3 aromatic carbocycles. The topological polar surface area (TPSA) is 118 Å². The van der Waals surface area contributed by atoms with Crippen LogP contribution in [0.25, 0.3) is 10.9 Å². The second kappa shape index (κ2) is 11.3. The summed E-state index contributed by atoms with van der Waals surface area (Å²) < 4.78 is 13.0. The van der Waals surface area contributed by atoms with E-state index in [0.29, 0.717) is 29.9 Å². The van der Waals surface area contributed by atoms with E-state index in [-0.39, 0.29) is 30.1 Å². The number of amides is 1. The van der Waals surface area contributed by atoms with Crippen LogP contribution in [0.2, 0.25) is 0 Å². The summed E-state index contributed by atoms with van der Waals surface area (Å²) in [6.07, 6.45) is -0.0568. The number of aromatic hydroxyl groups is 1. The summed E-state index contributed by atoms with van der Waals surface area (Å²) in [4.78, 5) is 15.7. The van der Waals surface area contributed by atoms with Gasteiger partial charge in [0.25, 0.3) is 5.91 Å². The molecule has 0 saturated heterocycles. The molecule has 7 nitrogen and oxygen atoms in total. The number of carbonyl (C=O) groups excluding carboxylic acids is 1. The Morgan fingerprint density at radius 3 is 2.53 bits per heavy atom. The van der Waals surface area contributed by atoms with Crippen molar-refractivity contribution in [2.75, 3.05) is 6.54 Å². The average molecular weight is 492 g/mol. The number of carbonyl (C=O) groups is 1. The Kier molecular flexibility index (Phi) is 8.00. The van der Waals surface area contributed by atoms with Crippen molar-refractivity contribution < 1.29 is 24.5 Å². The van der Waals surface area contributed by atoms with Crippen molar-refractivity contribution in [3.8, 4) is 5.75 Å². The van der Waals surface area contributed by atoms with E-state index >= 15 is 0 Å². The predicted octanol–water partition coefficient (Wildman–Crippen LogP) is 3.69. The molecule has 0 saturated carbocycles. The van der Waals surface area contributed by atoms with Crippen LogP contribution in [0.1, 0.15) is 45.8 Å². The third kappa shape index (κ3) is 6.28. The van der Waals surface area contributed by atoms with Crippen molar-refractivity contribution >= 4 is 16.8 Å². The van der Waals surface area contributed by atoms with Gasteiger partial charge in [0, 0.05) is 35.6 Å². The van der Waals surface area contributed by atoms with Gasteiger partial charge in [-0.05, 0) is 72.5 Å². The van der Waals surface area contributed by atoms with Crippen LogP contribution in [-0.2, 0) is 19.6 Å². The van der Waals surface area contributed by atoms with E-state index in [1.165, 1.54) is 18.2 Å². The highest BCUT2D eigenvalue weighted by molar-refractivity contribution is 5.98. The highest BCUT2D eigenvalue weighted by Gasteiger charge is 2.14.